The predicted octanol–water partition coefficient (Wildman–Crippen LogP) is 4.38. The van der Waals surface area contributed by atoms with Crippen LogP contribution in [-0.4, -0.2) is 15.9 Å². The molecule has 0 spiro atoms. The number of rotatable bonds is 4. The molecule has 0 bridgehead atoms. The highest BCUT2D eigenvalue weighted by atomic mass is 35.5. The zero-order valence-electron chi connectivity index (χ0n) is 12.5. The van der Waals surface area contributed by atoms with Crippen LogP contribution in [0.2, 0.25) is 10.0 Å². The van der Waals surface area contributed by atoms with Crippen LogP contribution in [0.3, 0.4) is 0 Å². The maximum atomic E-state index is 12.2. The van der Waals surface area contributed by atoms with Crippen molar-refractivity contribution in [2.24, 2.45) is 0 Å². The first-order valence-electron chi connectivity index (χ1n) is 7.22. The minimum absolute atomic E-state index is 0.265. The van der Waals surface area contributed by atoms with Crippen LogP contribution in [0.1, 0.15) is 16.1 Å². The van der Waals surface area contributed by atoms with Gasteiger partial charge in [0.2, 0.25) is 0 Å². The Morgan fingerprint density at radius 2 is 1.67 bits per heavy atom. The summed E-state index contributed by atoms with van der Waals surface area (Å²) in [6.45, 7) is 0.283. The van der Waals surface area contributed by atoms with E-state index in [1.54, 1.807) is 18.2 Å². The van der Waals surface area contributed by atoms with Gasteiger partial charge in [-0.15, -0.1) is 0 Å². The lowest BCUT2D eigenvalue weighted by atomic mass is 10.1. The maximum absolute atomic E-state index is 12.2. The van der Waals surface area contributed by atoms with Crippen molar-refractivity contribution in [1.29, 1.82) is 0 Å². The largest absolute Gasteiger partial charge is 0.346 e. The van der Waals surface area contributed by atoms with Gasteiger partial charge < -0.3 is 5.32 Å². The monoisotopic (exact) mass is 357 g/mol. The quantitative estimate of drug-likeness (QED) is 0.753. The van der Waals surface area contributed by atoms with Crippen molar-refractivity contribution in [3.05, 3.63) is 82.2 Å². The fourth-order valence-electron chi connectivity index (χ4n) is 2.22. The van der Waals surface area contributed by atoms with Crippen LogP contribution in [-0.2, 0) is 6.54 Å². The minimum atomic E-state index is -0.265. The highest BCUT2D eigenvalue weighted by Gasteiger charge is 2.09. The second-order valence-corrected chi connectivity index (χ2v) is 5.97. The minimum Gasteiger partial charge on any atom is -0.346 e. The molecular formula is C18H13Cl2N3O. The molecule has 24 heavy (non-hydrogen) atoms. The lowest BCUT2D eigenvalue weighted by molar-refractivity contribution is 0.0950. The third-order valence-corrected chi connectivity index (χ3v) is 3.78. The molecule has 1 amide bonds. The number of nitrogens with zero attached hydrogens (tertiary/aromatic N) is 2. The van der Waals surface area contributed by atoms with Crippen LogP contribution < -0.4 is 5.32 Å². The average Bonchev–Trinajstić information content (AvgIpc) is 2.60. The molecular weight excluding hydrogens is 345 g/mol. The van der Waals surface area contributed by atoms with Crippen LogP contribution in [0, 0.1) is 0 Å². The van der Waals surface area contributed by atoms with Gasteiger partial charge in [0, 0.05) is 21.2 Å². The van der Waals surface area contributed by atoms with E-state index in [9.17, 15) is 4.79 Å². The Labute approximate surface area is 149 Å². The zero-order chi connectivity index (χ0) is 16.9. The molecule has 1 N–H and O–H groups in total. The Balaban J connectivity index is 1.72. The van der Waals surface area contributed by atoms with Crippen LogP contribution >= 0.6 is 23.2 Å². The van der Waals surface area contributed by atoms with E-state index < -0.39 is 0 Å². The molecule has 0 saturated heterocycles. The zero-order valence-corrected chi connectivity index (χ0v) is 14.1. The predicted molar refractivity (Wildman–Crippen MR) is 95.1 cm³/mol. The van der Waals surface area contributed by atoms with Crippen molar-refractivity contribution < 1.29 is 4.79 Å². The van der Waals surface area contributed by atoms with Crippen molar-refractivity contribution >= 4 is 29.1 Å². The molecule has 6 heteroatoms. The number of carbonyl (C=O) groups excluding carboxylic acids is 1. The standard InChI is InChI=1S/C18H13Cl2N3O/c19-14-6-13(7-15(20)8-14)18(24)21-10-16-9-17(23-11-22-16)12-4-2-1-3-5-12/h1-9,11H,10H2,(H,21,24). The highest BCUT2D eigenvalue weighted by molar-refractivity contribution is 6.35. The second kappa shape index (κ2) is 7.43. The molecule has 0 aliphatic carbocycles. The summed E-state index contributed by atoms with van der Waals surface area (Å²) in [6, 6.07) is 16.3. The topological polar surface area (TPSA) is 54.9 Å². The first-order chi connectivity index (χ1) is 11.6. The van der Waals surface area contributed by atoms with Gasteiger partial charge in [0.15, 0.2) is 0 Å². The van der Waals surface area contributed by atoms with Gasteiger partial charge in [-0.2, -0.15) is 0 Å². The Morgan fingerprint density at radius 1 is 0.958 bits per heavy atom. The van der Waals surface area contributed by atoms with Gasteiger partial charge >= 0.3 is 0 Å². The summed E-state index contributed by atoms with van der Waals surface area (Å²) in [4.78, 5) is 20.7. The van der Waals surface area contributed by atoms with E-state index >= 15 is 0 Å². The molecule has 4 nitrogen and oxygen atoms in total. The number of halogens is 2. The van der Waals surface area contributed by atoms with E-state index in [1.807, 2.05) is 36.4 Å². The molecule has 120 valence electrons. The van der Waals surface area contributed by atoms with E-state index in [4.69, 9.17) is 23.2 Å². The molecule has 0 atom stereocenters. The van der Waals surface area contributed by atoms with Gasteiger partial charge in [-0.25, -0.2) is 9.97 Å². The van der Waals surface area contributed by atoms with Crippen molar-refractivity contribution in [2.45, 2.75) is 6.54 Å². The van der Waals surface area contributed by atoms with Crippen molar-refractivity contribution in [2.75, 3.05) is 0 Å². The highest BCUT2D eigenvalue weighted by Crippen LogP contribution is 2.19. The molecule has 3 aromatic rings. The molecule has 2 aromatic carbocycles. The summed E-state index contributed by atoms with van der Waals surface area (Å²) < 4.78 is 0. The Bertz CT molecular complexity index is 849. The SMILES string of the molecule is O=C(NCc1cc(-c2ccccc2)ncn1)c1cc(Cl)cc(Cl)c1. The van der Waals surface area contributed by atoms with Crippen molar-refractivity contribution in [3.8, 4) is 11.3 Å². The second-order valence-electron chi connectivity index (χ2n) is 5.10. The third-order valence-electron chi connectivity index (χ3n) is 3.35. The Hall–Kier alpha value is -2.43. The summed E-state index contributed by atoms with van der Waals surface area (Å²) in [5.74, 6) is -0.265. The Morgan fingerprint density at radius 3 is 2.38 bits per heavy atom. The summed E-state index contributed by atoms with van der Waals surface area (Å²) in [6.07, 6.45) is 1.49. The fraction of sp³-hybridized carbons (Fsp3) is 0.0556. The summed E-state index contributed by atoms with van der Waals surface area (Å²) in [5.41, 5.74) is 2.92. The molecule has 3 rings (SSSR count). The molecule has 0 aliphatic heterocycles. The van der Waals surface area contributed by atoms with Gasteiger partial charge in [0.05, 0.1) is 17.9 Å². The number of benzene rings is 2. The number of hydrogen-bond acceptors (Lipinski definition) is 3. The van der Waals surface area contributed by atoms with Crippen LogP contribution in [0.15, 0.2) is 60.9 Å². The fourth-order valence-corrected chi connectivity index (χ4v) is 2.74. The molecule has 0 radical (unpaired) electrons. The van der Waals surface area contributed by atoms with E-state index in [1.165, 1.54) is 6.33 Å². The van der Waals surface area contributed by atoms with Crippen LogP contribution in [0.4, 0.5) is 0 Å². The van der Waals surface area contributed by atoms with Crippen molar-refractivity contribution in [1.82, 2.24) is 15.3 Å². The van der Waals surface area contributed by atoms with Crippen LogP contribution in [0.5, 0.6) is 0 Å². The van der Waals surface area contributed by atoms with Gasteiger partial charge in [0.1, 0.15) is 6.33 Å². The van der Waals surface area contributed by atoms with Gasteiger partial charge in [-0.1, -0.05) is 53.5 Å². The van der Waals surface area contributed by atoms with Gasteiger partial charge in [-0.05, 0) is 24.3 Å². The molecule has 0 fully saturated rings. The summed E-state index contributed by atoms with van der Waals surface area (Å²) in [5, 5.41) is 3.64. The van der Waals surface area contributed by atoms with Crippen molar-refractivity contribution in [3.63, 3.8) is 0 Å². The number of hydrogen-bond donors (Lipinski definition) is 1. The van der Waals surface area contributed by atoms with E-state index in [0.717, 1.165) is 11.3 Å². The first-order valence-corrected chi connectivity index (χ1v) is 7.98. The molecule has 1 aromatic heterocycles. The van der Waals surface area contributed by atoms with E-state index in [0.29, 0.717) is 21.3 Å². The maximum Gasteiger partial charge on any atom is 0.251 e. The number of carbonyl (C=O) groups is 1. The molecule has 0 unspecified atom stereocenters. The number of aromatic nitrogens is 2. The summed E-state index contributed by atoms with van der Waals surface area (Å²) >= 11 is 11.8. The van der Waals surface area contributed by atoms with Gasteiger partial charge in [-0.3, -0.25) is 4.79 Å². The third kappa shape index (κ3) is 4.10. The lowest BCUT2D eigenvalue weighted by Gasteiger charge is -2.07. The van der Waals surface area contributed by atoms with E-state index in [-0.39, 0.29) is 12.5 Å². The first kappa shape index (κ1) is 16.4. The molecule has 1 heterocycles. The lowest BCUT2D eigenvalue weighted by Crippen LogP contribution is -2.23. The Kier molecular flexibility index (Phi) is 5.08. The number of nitrogens with one attached hydrogen (secondary N) is 1. The average molecular weight is 358 g/mol. The molecule has 0 aliphatic rings. The smallest absolute Gasteiger partial charge is 0.251 e. The van der Waals surface area contributed by atoms with Crippen LogP contribution in [0.25, 0.3) is 11.3 Å². The van der Waals surface area contributed by atoms with E-state index in [2.05, 4.69) is 15.3 Å². The molecule has 0 saturated carbocycles. The van der Waals surface area contributed by atoms with Gasteiger partial charge in [0.25, 0.3) is 5.91 Å². The number of amides is 1. The normalized spacial score (nSPS) is 10.4. The summed E-state index contributed by atoms with van der Waals surface area (Å²) in [7, 11) is 0.